The summed E-state index contributed by atoms with van der Waals surface area (Å²) in [5, 5.41) is 8.51. The summed E-state index contributed by atoms with van der Waals surface area (Å²) in [6, 6.07) is 17.2. The van der Waals surface area contributed by atoms with E-state index in [1.807, 2.05) is 49.4 Å². The Morgan fingerprint density at radius 3 is 2.48 bits per heavy atom. The van der Waals surface area contributed by atoms with Crippen LogP contribution in [-0.4, -0.2) is 18.5 Å². The maximum Gasteiger partial charge on any atom is 0.319 e. The third-order valence-electron chi connectivity index (χ3n) is 5.03. The first kappa shape index (κ1) is 19.0. The zero-order valence-electron chi connectivity index (χ0n) is 15.7. The Hall–Kier alpha value is -2.82. The summed E-state index contributed by atoms with van der Waals surface area (Å²) in [4.78, 5) is 24.5. The smallest absolute Gasteiger partial charge is 0.319 e. The van der Waals surface area contributed by atoms with E-state index in [4.69, 9.17) is 0 Å². The van der Waals surface area contributed by atoms with Crippen molar-refractivity contribution in [2.24, 2.45) is 5.92 Å². The average molecular weight is 365 g/mol. The molecule has 5 heteroatoms. The van der Waals surface area contributed by atoms with Crippen LogP contribution in [0.25, 0.3) is 0 Å². The number of benzene rings is 2. The number of carbonyl (C=O) groups is 2. The van der Waals surface area contributed by atoms with Gasteiger partial charge in [0, 0.05) is 5.69 Å². The highest BCUT2D eigenvalue weighted by atomic mass is 16.2. The van der Waals surface area contributed by atoms with E-state index in [0.29, 0.717) is 11.6 Å². The van der Waals surface area contributed by atoms with Crippen molar-refractivity contribution in [3.05, 3.63) is 65.7 Å². The Labute approximate surface area is 160 Å². The van der Waals surface area contributed by atoms with Gasteiger partial charge in [0.2, 0.25) is 5.91 Å². The Bertz CT molecular complexity index is 770. The fourth-order valence-electron chi connectivity index (χ4n) is 3.71. The molecule has 1 aliphatic rings. The summed E-state index contributed by atoms with van der Waals surface area (Å²) < 4.78 is 0. The quantitative estimate of drug-likeness (QED) is 0.719. The minimum atomic E-state index is -0.382. The lowest BCUT2D eigenvalue weighted by Gasteiger charge is -2.25. The molecule has 0 bridgehead atoms. The van der Waals surface area contributed by atoms with Crippen LogP contribution in [0.1, 0.15) is 42.9 Å². The lowest BCUT2D eigenvalue weighted by Crippen LogP contribution is -2.41. The summed E-state index contributed by atoms with van der Waals surface area (Å²) in [6.07, 6.45) is 4.67. The number of hydrogen-bond donors (Lipinski definition) is 3. The molecule has 0 heterocycles. The fraction of sp³-hybridized carbons (Fsp3) is 0.364. The molecule has 0 spiro atoms. The third kappa shape index (κ3) is 5.58. The van der Waals surface area contributed by atoms with Gasteiger partial charge < -0.3 is 16.0 Å². The van der Waals surface area contributed by atoms with Crippen molar-refractivity contribution in [3.8, 4) is 0 Å². The lowest BCUT2D eigenvalue weighted by atomic mass is 9.91. The molecule has 0 aromatic heterocycles. The third-order valence-corrected chi connectivity index (χ3v) is 5.03. The molecular weight excluding hydrogens is 338 g/mol. The second-order valence-corrected chi connectivity index (χ2v) is 7.18. The van der Waals surface area contributed by atoms with Crippen molar-refractivity contribution in [1.82, 2.24) is 10.6 Å². The number of amides is 3. The van der Waals surface area contributed by atoms with Crippen molar-refractivity contribution >= 4 is 17.6 Å². The van der Waals surface area contributed by atoms with Gasteiger partial charge in [0.1, 0.15) is 0 Å². The Morgan fingerprint density at radius 2 is 1.78 bits per heavy atom. The Balaban J connectivity index is 1.54. The van der Waals surface area contributed by atoms with Crippen LogP contribution in [0.5, 0.6) is 0 Å². The van der Waals surface area contributed by atoms with E-state index < -0.39 is 0 Å². The molecule has 2 aromatic carbocycles. The second kappa shape index (κ2) is 9.21. The molecule has 3 rings (SSSR count). The minimum Gasteiger partial charge on any atom is -0.347 e. The summed E-state index contributed by atoms with van der Waals surface area (Å²) in [6.45, 7) is 1.91. The molecule has 1 fully saturated rings. The second-order valence-electron chi connectivity index (χ2n) is 7.18. The van der Waals surface area contributed by atoms with Crippen molar-refractivity contribution in [3.63, 3.8) is 0 Å². The normalized spacial score (nSPS) is 15.1. The highest BCUT2D eigenvalue weighted by Gasteiger charge is 2.27. The molecule has 3 amide bonds. The zero-order chi connectivity index (χ0) is 19.1. The Morgan fingerprint density at radius 1 is 1.04 bits per heavy atom. The number of urea groups is 1. The first-order valence-electron chi connectivity index (χ1n) is 9.57. The number of hydrogen-bond acceptors (Lipinski definition) is 2. The number of anilines is 1. The summed E-state index contributed by atoms with van der Waals surface area (Å²) in [5.74, 6) is 0.285. The maximum absolute atomic E-state index is 12.4. The molecule has 3 N–H and O–H groups in total. The predicted molar refractivity (Wildman–Crippen MR) is 107 cm³/mol. The zero-order valence-corrected chi connectivity index (χ0v) is 15.7. The van der Waals surface area contributed by atoms with Gasteiger partial charge in [0.25, 0.3) is 0 Å². The molecule has 5 nitrogen and oxygen atoms in total. The topological polar surface area (TPSA) is 70.2 Å². The van der Waals surface area contributed by atoms with Crippen molar-refractivity contribution < 1.29 is 9.59 Å². The number of carbonyl (C=O) groups excluding carboxylic acids is 2. The summed E-state index contributed by atoms with van der Waals surface area (Å²) >= 11 is 0. The van der Waals surface area contributed by atoms with Crippen molar-refractivity contribution in [1.29, 1.82) is 0 Å². The highest BCUT2D eigenvalue weighted by molar-refractivity contribution is 5.92. The van der Waals surface area contributed by atoms with E-state index in [-0.39, 0.29) is 24.5 Å². The maximum atomic E-state index is 12.4. The van der Waals surface area contributed by atoms with Crippen molar-refractivity contribution in [2.75, 3.05) is 11.9 Å². The monoisotopic (exact) mass is 365 g/mol. The summed E-state index contributed by atoms with van der Waals surface area (Å²) in [5.41, 5.74) is 2.90. The van der Waals surface area contributed by atoms with Gasteiger partial charge in [-0.25, -0.2) is 4.79 Å². The molecule has 0 unspecified atom stereocenters. The van der Waals surface area contributed by atoms with Gasteiger partial charge in [-0.05, 0) is 48.9 Å². The first-order valence-corrected chi connectivity index (χ1v) is 9.57. The van der Waals surface area contributed by atoms with Gasteiger partial charge in [0.15, 0.2) is 0 Å². The van der Waals surface area contributed by atoms with Crippen LogP contribution in [0.15, 0.2) is 54.6 Å². The SMILES string of the molecule is Cc1cccc(NC(=O)NCC(=O)N[C@H](c2ccccc2)C2CCCC2)c1. The average Bonchev–Trinajstić information content (AvgIpc) is 3.19. The standard InChI is InChI=1S/C22H27N3O2/c1-16-8-7-13-19(14-16)24-22(27)23-15-20(26)25-21(18-11-5-6-12-18)17-9-3-2-4-10-17/h2-4,7-10,13-14,18,21H,5-6,11-12,15H2,1H3,(H,25,26)(H2,23,24,27)/t21-/m1/s1. The van der Waals surface area contributed by atoms with Gasteiger partial charge in [-0.15, -0.1) is 0 Å². The number of nitrogens with one attached hydrogen (secondary N) is 3. The molecule has 0 saturated heterocycles. The molecule has 142 valence electrons. The van der Waals surface area contributed by atoms with E-state index in [1.165, 1.54) is 12.8 Å². The molecule has 2 aromatic rings. The van der Waals surface area contributed by atoms with E-state index in [0.717, 1.165) is 24.0 Å². The van der Waals surface area contributed by atoms with Crippen LogP contribution < -0.4 is 16.0 Å². The van der Waals surface area contributed by atoms with Crippen LogP contribution in [-0.2, 0) is 4.79 Å². The molecule has 1 atom stereocenters. The van der Waals surface area contributed by atoms with Crippen molar-refractivity contribution in [2.45, 2.75) is 38.6 Å². The predicted octanol–water partition coefficient (Wildman–Crippen LogP) is 4.16. The van der Waals surface area contributed by atoms with Gasteiger partial charge in [-0.1, -0.05) is 55.3 Å². The number of rotatable bonds is 6. The van der Waals surface area contributed by atoms with Gasteiger partial charge in [-0.2, -0.15) is 0 Å². The highest BCUT2D eigenvalue weighted by Crippen LogP contribution is 2.35. The molecule has 0 radical (unpaired) electrons. The molecule has 27 heavy (non-hydrogen) atoms. The van der Waals surface area contributed by atoms with Crippen LogP contribution in [0.4, 0.5) is 10.5 Å². The van der Waals surface area contributed by atoms with Gasteiger partial charge in [0.05, 0.1) is 12.6 Å². The van der Waals surface area contributed by atoms with Crippen LogP contribution in [0, 0.1) is 12.8 Å². The molecular formula is C22H27N3O2. The number of aryl methyl sites for hydroxylation is 1. The fourth-order valence-corrected chi connectivity index (χ4v) is 3.71. The van der Waals surface area contributed by atoms with E-state index in [1.54, 1.807) is 0 Å². The van der Waals surface area contributed by atoms with Crippen LogP contribution >= 0.6 is 0 Å². The van der Waals surface area contributed by atoms with Crippen LogP contribution in [0.2, 0.25) is 0 Å². The molecule has 1 saturated carbocycles. The Kier molecular flexibility index (Phi) is 6.47. The lowest BCUT2D eigenvalue weighted by molar-refractivity contribution is -0.121. The first-order chi connectivity index (χ1) is 13.1. The minimum absolute atomic E-state index is 0.00262. The van der Waals surface area contributed by atoms with Gasteiger partial charge >= 0.3 is 6.03 Å². The molecule has 1 aliphatic carbocycles. The molecule has 0 aliphatic heterocycles. The largest absolute Gasteiger partial charge is 0.347 e. The summed E-state index contributed by atoms with van der Waals surface area (Å²) in [7, 11) is 0. The van der Waals surface area contributed by atoms with E-state index >= 15 is 0 Å². The van der Waals surface area contributed by atoms with E-state index in [2.05, 4.69) is 28.1 Å². The van der Waals surface area contributed by atoms with Gasteiger partial charge in [-0.3, -0.25) is 4.79 Å². The van der Waals surface area contributed by atoms with E-state index in [9.17, 15) is 9.59 Å². The van der Waals surface area contributed by atoms with Crippen LogP contribution in [0.3, 0.4) is 0 Å².